The molecule has 1 aromatic heterocycles. The molecule has 2 fully saturated rings. The van der Waals surface area contributed by atoms with Crippen LogP contribution in [0.4, 0.5) is 4.79 Å². The van der Waals surface area contributed by atoms with Gasteiger partial charge >= 0.3 is 6.03 Å². The Morgan fingerprint density at radius 2 is 2.00 bits per heavy atom. The molecule has 9 heteroatoms. The molecule has 1 aromatic carbocycles. The van der Waals surface area contributed by atoms with E-state index < -0.39 is 6.04 Å². The zero-order valence-electron chi connectivity index (χ0n) is 21.3. The van der Waals surface area contributed by atoms with E-state index in [1.165, 1.54) is 5.56 Å². The minimum Gasteiger partial charge on any atom is -0.497 e. The van der Waals surface area contributed by atoms with Crippen LogP contribution >= 0.6 is 0 Å². The van der Waals surface area contributed by atoms with Crippen molar-refractivity contribution in [2.24, 2.45) is 5.92 Å². The fourth-order valence-corrected chi connectivity index (χ4v) is 6.32. The molecule has 2 aromatic rings. The highest BCUT2D eigenvalue weighted by atomic mass is 16.5. The van der Waals surface area contributed by atoms with Crippen molar-refractivity contribution in [2.45, 2.75) is 50.5 Å². The Kier molecular flexibility index (Phi) is 7.12. The topological polar surface area (TPSA) is 107 Å². The van der Waals surface area contributed by atoms with Gasteiger partial charge in [0.2, 0.25) is 5.91 Å². The Morgan fingerprint density at radius 1 is 1.25 bits per heavy atom. The van der Waals surface area contributed by atoms with E-state index in [-0.39, 0.29) is 29.9 Å². The number of likely N-dealkylation sites (tertiary alicyclic amines) is 1. The largest absolute Gasteiger partial charge is 0.497 e. The van der Waals surface area contributed by atoms with Crippen LogP contribution in [0.3, 0.4) is 0 Å². The first-order chi connectivity index (χ1) is 17.5. The van der Waals surface area contributed by atoms with Gasteiger partial charge in [-0.2, -0.15) is 0 Å². The number of amides is 3. The molecule has 2 saturated heterocycles. The predicted octanol–water partition coefficient (Wildman–Crippen LogP) is 2.93. The van der Waals surface area contributed by atoms with Crippen molar-refractivity contribution in [3.63, 3.8) is 0 Å². The molecular formula is C27H38N4O5. The van der Waals surface area contributed by atoms with E-state index >= 15 is 0 Å². The number of hydrogen-bond acceptors (Lipinski definition) is 5. The molecule has 1 atom stereocenters. The molecule has 5 rings (SSSR count). The molecule has 4 heterocycles. The summed E-state index contributed by atoms with van der Waals surface area (Å²) in [5.41, 5.74) is 2.71. The SMILES string of the molecule is CCCNC(=O)N1CC2(CCN(C(=O)C3CCOCC3)CC2)c2c([nH]c3cc(OC)ccc23)[C@@H]1CO. The number of aliphatic hydroxyl groups excluding tert-OH is 1. The van der Waals surface area contributed by atoms with Crippen LogP contribution < -0.4 is 10.1 Å². The normalized spacial score (nSPS) is 22.0. The molecule has 3 amide bonds. The summed E-state index contributed by atoms with van der Waals surface area (Å²) < 4.78 is 10.9. The van der Waals surface area contributed by atoms with Crippen molar-refractivity contribution in [1.29, 1.82) is 0 Å². The van der Waals surface area contributed by atoms with Gasteiger partial charge in [0.15, 0.2) is 0 Å². The number of nitrogens with one attached hydrogen (secondary N) is 2. The number of ether oxygens (including phenoxy) is 2. The van der Waals surface area contributed by atoms with Gasteiger partial charge in [-0.05, 0) is 49.8 Å². The highest BCUT2D eigenvalue weighted by Gasteiger charge is 2.49. The molecule has 0 unspecified atom stereocenters. The lowest BCUT2D eigenvalue weighted by Gasteiger charge is -2.50. The molecule has 36 heavy (non-hydrogen) atoms. The van der Waals surface area contributed by atoms with E-state index in [0.29, 0.717) is 39.4 Å². The number of aromatic amines is 1. The highest BCUT2D eigenvalue weighted by Crippen LogP contribution is 2.49. The Labute approximate surface area is 212 Å². The number of H-pyrrole nitrogens is 1. The summed E-state index contributed by atoms with van der Waals surface area (Å²) in [4.78, 5) is 33.8. The number of methoxy groups -OCH3 is 1. The number of rotatable bonds is 5. The molecule has 3 N–H and O–H groups in total. The molecule has 1 spiro atoms. The van der Waals surface area contributed by atoms with Gasteiger partial charge in [0.25, 0.3) is 0 Å². The Hall–Kier alpha value is -2.78. The number of nitrogens with zero attached hydrogens (tertiary/aromatic N) is 2. The minimum absolute atomic E-state index is 0.0466. The van der Waals surface area contributed by atoms with Crippen LogP contribution in [0.5, 0.6) is 5.75 Å². The smallest absolute Gasteiger partial charge is 0.318 e. The second kappa shape index (κ2) is 10.3. The number of carbonyl (C=O) groups is 2. The predicted molar refractivity (Wildman–Crippen MR) is 136 cm³/mol. The van der Waals surface area contributed by atoms with E-state index in [9.17, 15) is 14.7 Å². The molecule has 0 saturated carbocycles. The van der Waals surface area contributed by atoms with Gasteiger partial charge in [0.05, 0.1) is 19.8 Å². The molecule has 0 radical (unpaired) electrons. The quantitative estimate of drug-likeness (QED) is 0.588. The second-order valence-corrected chi connectivity index (χ2v) is 10.4. The standard InChI is InChI=1S/C27H38N4O5/c1-3-10-28-26(34)31-17-27(8-11-30(12-9-27)25(33)18-6-13-36-14-7-18)23-20-5-4-19(35-2)15-21(20)29-24(23)22(31)16-32/h4-5,15,18,22,29,32H,3,6-14,16-17H2,1-2H3,(H,28,34)/t22-/m0/s1. The summed E-state index contributed by atoms with van der Waals surface area (Å²) >= 11 is 0. The summed E-state index contributed by atoms with van der Waals surface area (Å²) in [6.45, 7) is 5.58. The third kappa shape index (κ3) is 4.32. The van der Waals surface area contributed by atoms with Gasteiger partial charge < -0.3 is 34.7 Å². The van der Waals surface area contributed by atoms with Crippen LogP contribution in [0.2, 0.25) is 0 Å². The molecule has 0 aliphatic carbocycles. The van der Waals surface area contributed by atoms with Crippen LogP contribution in [0.25, 0.3) is 10.9 Å². The number of fused-ring (bicyclic) bond motifs is 4. The fourth-order valence-electron chi connectivity index (χ4n) is 6.32. The van der Waals surface area contributed by atoms with Gasteiger partial charge in [0.1, 0.15) is 5.75 Å². The van der Waals surface area contributed by atoms with Crippen LogP contribution in [0.1, 0.15) is 56.3 Å². The number of hydrogen-bond donors (Lipinski definition) is 3. The number of aromatic nitrogens is 1. The van der Waals surface area contributed by atoms with Crippen molar-refractivity contribution >= 4 is 22.8 Å². The lowest BCUT2D eigenvalue weighted by atomic mass is 9.68. The van der Waals surface area contributed by atoms with Crippen LogP contribution in [0.15, 0.2) is 18.2 Å². The lowest BCUT2D eigenvalue weighted by Crippen LogP contribution is -2.58. The Bertz CT molecular complexity index is 1100. The maximum absolute atomic E-state index is 13.3. The average molecular weight is 499 g/mol. The first kappa shape index (κ1) is 24.9. The highest BCUT2D eigenvalue weighted by molar-refractivity contribution is 5.89. The van der Waals surface area contributed by atoms with Gasteiger partial charge in [-0.15, -0.1) is 0 Å². The lowest BCUT2D eigenvalue weighted by molar-refractivity contribution is -0.140. The number of aliphatic hydroxyl groups is 1. The van der Waals surface area contributed by atoms with Crippen molar-refractivity contribution in [2.75, 3.05) is 53.1 Å². The maximum atomic E-state index is 13.3. The molecule has 0 bridgehead atoms. The number of urea groups is 1. The van der Waals surface area contributed by atoms with Gasteiger partial charge in [0, 0.05) is 73.4 Å². The summed E-state index contributed by atoms with van der Waals surface area (Å²) in [5.74, 6) is 1.04. The third-order valence-corrected chi connectivity index (χ3v) is 8.31. The van der Waals surface area contributed by atoms with Crippen LogP contribution in [0, 0.1) is 5.92 Å². The average Bonchev–Trinajstić information content (AvgIpc) is 3.31. The van der Waals surface area contributed by atoms with Crippen molar-refractivity contribution in [3.8, 4) is 5.75 Å². The molecule has 3 aliphatic rings. The molecule has 9 nitrogen and oxygen atoms in total. The van der Waals surface area contributed by atoms with Crippen molar-refractivity contribution in [1.82, 2.24) is 20.1 Å². The first-order valence-electron chi connectivity index (χ1n) is 13.2. The fraction of sp³-hybridized carbons (Fsp3) is 0.630. The molecule has 196 valence electrons. The number of piperidine rings is 1. The Balaban J connectivity index is 1.50. The van der Waals surface area contributed by atoms with Crippen molar-refractivity contribution in [3.05, 3.63) is 29.5 Å². The van der Waals surface area contributed by atoms with Gasteiger partial charge in [-0.25, -0.2) is 4.79 Å². The molecule has 3 aliphatic heterocycles. The second-order valence-electron chi connectivity index (χ2n) is 10.4. The van der Waals surface area contributed by atoms with E-state index in [1.54, 1.807) is 12.0 Å². The van der Waals surface area contributed by atoms with E-state index in [4.69, 9.17) is 9.47 Å². The zero-order valence-corrected chi connectivity index (χ0v) is 21.3. The monoisotopic (exact) mass is 498 g/mol. The number of benzene rings is 1. The summed E-state index contributed by atoms with van der Waals surface area (Å²) in [6, 6.07) is 5.40. The van der Waals surface area contributed by atoms with E-state index in [1.807, 2.05) is 24.0 Å². The number of carbonyl (C=O) groups excluding carboxylic acids is 2. The van der Waals surface area contributed by atoms with E-state index in [0.717, 1.165) is 54.5 Å². The van der Waals surface area contributed by atoms with Gasteiger partial charge in [-0.3, -0.25) is 4.79 Å². The summed E-state index contributed by atoms with van der Waals surface area (Å²) in [5, 5.41) is 14.5. The first-order valence-corrected chi connectivity index (χ1v) is 13.2. The Morgan fingerprint density at radius 3 is 2.67 bits per heavy atom. The van der Waals surface area contributed by atoms with Crippen LogP contribution in [-0.4, -0.2) is 84.9 Å². The summed E-state index contributed by atoms with van der Waals surface area (Å²) in [6.07, 6.45) is 3.96. The zero-order chi connectivity index (χ0) is 25.3. The van der Waals surface area contributed by atoms with Gasteiger partial charge in [-0.1, -0.05) is 6.92 Å². The van der Waals surface area contributed by atoms with E-state index in [2.05, 4.69) is 16.4 Å². The maximum Gasteiger partial charge on any atom is 0.318 e. The molecular weight excluding hydrogens is 460 g/mol. The summed E-state index contributed by atoms with van der Waals surface area (Å²) in [7, 11) is 1.65. The van der Waals surface area contributed by atoms with Crippen molar-refractivity contribution < 1.29 is 24.2 Å². The minimum atomic E-state index is -0.456. The van der Waals surface area contributed by atoms with Crippen LogP contribution in [-0.2, 0) is 14.9 Å². The third-order valence-electron chi connectivity index (χ3n) is 8.31.